The van der Waals surface area contributed by atoms with Crippen molar-refractivity contribution < 1.29 is 26.1 Å². The monoisotopic (exact) mass is 295 g/mol. The van der Waals surface area contributed by atoms with Gasteiger partial charge in [0.2, 0.25) is 0 Å². The smallest absolute Gasteiger partial charge is 1.00 e. The van der Waals surface area contributed by atoms with Crippen LogP contribution >= 0.6 is 0 Å². The van der Waals surface area contributed by atoms with Crippen LogP contribution in [0.15, 0.2) is 23.2 Å². The van der Waals surface area contributed by atoms with E-state index >= 15 is 0 Å². The molecule has 0 aromatic heterocycles. The van der Waals surface area contributed by atoms with Crippen molar-refractivity contribution >= 4 is 29.0 Å². The Labute approximate surface area is 121 Å². The van der Waals surface area contributed by atoms with Crippen LogP contribution in [0.25, 0.3) is 0 Å². The summed E-state index contributed by atoms with van der Waals surface area (Å²) in [6.45, 7) is 4.40. The van der Waals surface area contributed by atoms with E-state index < -0.39 is 0 Å². The molecule has 2 nitrogen and oxygen atoms in total. The molecule has 0 radical (unpaired) electrons. The van der Waals surface area contributed by atoms with Gasteiger partial charge in [0.05, 0.1) is 5.54 Å². The molecule has 0 aliphatic carbocycles. The van der Waals surface area contributed by atoms with Gasteiger partial charge >= 0.3 is 23.1 Å². The maximum atomic E-state index is 13.3. The predicted octanol–water partition coefficient (Wildman–Crippen LogP) is -1.20. The van der Waals surface area contributed by atoms with E-state index in [-0.39, 0.29) is 51.4 Å². The summed E-state index contributed by atoms with van der Waals surface area (Å²) in [6, 6.07) is 7.21. The molecule has 0 saturated carbocycles. The Balaban J connectivity index is 0.00000112. The number of rotatable bonds is 1. The van der Waals surface area contributed by atoms with E-state index in [1.807, 2.05) is 13.8 Å². The summed E-state index contributed by atoms with van der Waals surface area (Å²) >= 11 is 0. The zero-order valence-electron chi connectivity index (χ0n) is 9.26. The normalized spacial score (nSPS) is 16.6. The van der Waals surface area contributed by atoms with Gasteiger partial charge < -0.3 is 21.7 Å². The number of halogens is 2. The predicted molar refractivity (Wildman–Crippen MR) is 57.6 cm³/mol. The maximum absolute atomic E-state index is 13.3. The molecule has 1 aromatic rings. The van der Waals surface area contributed by atoms with E-state index in [0.29, 0.717) is 18.1 Å². The average Bonchev–Trinajstić information content (AvgIpc) is 2.47. The Morgan fingerprint density at radius 2 is 2.19 bits per heavy atom. The van der Waals surface area contributed by atoms with Crippen LogP contribution in [0.3, 0.4) is 0 Å². The largest absolute Gasteiger partial charge is 2.00 e. The summed E-state index contributed by atoms with van der Waals surface area (Å²) in [6.07, 6.45) is 0. The van der Waals surface area contributed by atoms with E-state index in [2.05, 4.69) is 11.1 Å². The van der Waals surface area contributed by atoms with Gasteiger partial charge in [0.25, 0.3) is 0 Å². The van der Waals surface area contributed by atoms with Gasteiger partial charge in [0, 0.05) is 5.82 Å². The topological polar surface area (TPSA) is 21.6 Å². The molecule has 0 unspecified atom stereocenters. The Bertz CT molecular complexity index is 395. The summed E-state index contributed by atoms with van der Waals surface area (Å²) in [5.41, 5.74) is 0.163. The second kappa shape index (κ2) is 5.98. The van der Waals surface area contributed by atoms with E-state index in [1.165, 1.54) is 6.07 Å². The molecular weight excluding hydrogens is 285 g/mol. The summed E-state index contributed by atoms with van der Waals surface area (Å²) in [5.74, 6) is 0.0467. The Morgan fingerprint density at radius 3 is 2.69 bits per heavy atom. The number of hydrogen-bond donors (Lipinski definition) is 0. The molecule has 82 valence electrons. The molecule has 0 atom stereocenters. The Hall–Kier alpha value is -0.134. The number of ether oxygens (including phenoxy) is 1. The van der Waals surface area contributed by atoms with Crippen LogP contribution in [-0.4, -0.2) is 41.1 Å². The summed E-state index contributed by atoms with van der Waals surface area (Å²) in [7, 11) is 0. The minimum atomic E-state index is -0.344. The Morgan fingerprint density at radius 1 is 1.50 bits per heavy atom. The molecule has 0 saturated heterocycles. The average molecular weight is 296 g/mol. The van der Waals surface area contributed by atoms with Gasteiger partial charge in [-0.05, 0) is 19.4 Å². The molecule has 0 spiro atoms. The maximum Gasteiger partial charge on any atom is 2.00 e. The fourth-order valence-corrected chi connectivity index (χ4v) is 1.31. The van der Waals surface area contributed by atoms with Gasteiger partial charge in [0.1, 0.15) is 6.61 Å². The molecule has 1 aliphatic rings. The zero-order chi connectivity index (χ0) is 10.2. The van der Waals surface area contributed by atoms with Gasteiger partial charge in [-0.25, -0.2) is 4.99 Å². The first kappa shape index (κ1) is 15.9. The number of benzene rings is 1. The fraction of sp³-hybridized carbons (Fsp3) is 0.364. The summed E-state index contributed by atoms with van der Waals surface area (Å²) < 4.78 is 18.6. The third-order valence-electron chi connectivity index (χ3n) is 2.01. The quantitative estimate of drug-likeness (QED) is 0.471. The molecule has 1 aliphatic heterocycles. The van der Waals surface area contributed by atoms with Crippen LogP contribution in [0.1, 0.15) is 19.4 Å². The third kappa shape index (κ3) is 3.43. The SMILES string of the molecule is CC1(C)COC(c2cc[c-]cc2F)=N1.[Br-].[Mg+2]. The van der Waals surface area contributed by atoms with Gasteiger partial charge in [-0.3, -0.25) is 4.39 Å². The van der Waals surface area contributed by atoms with Crippen LogP contribution in [0.4, 0.5) is 4.39 Å². The van der Waals surface area contributed by atoms with Gasteiger partial charge in [-0.2, -0.15) is 18.2 Å². The van der Waals surface area contributed by atoms with Crippen molar-refractivity contribution in [1.29, 1.82) is 0 Å². The van der Waals surface area contributed by atoms with Gasteiger partial charge in [-0.1, -0.05) is 0 Å². The van der Waals surface area contributed by atoms with Crippen molar-refractivity contribution in [2.24, 2.45) is 4.99 Å². The van der Waals surface area contributed by atoms with Crippen molar-refractivity contribution in [3.05, 3.63) is 35.6 Å². The molecule has 0 N–H and O–H groups in total. The second-order valence-electron chi connectivity index (χ2n) is 3.92. The molecule has 1 heterocycles. The van der Waals surface area contributed by atoms with Gasteiger partial charge in [-0.15, -0.1) is 6.07 Å². The van der Waals surface area contributed by atoms with Crippen LogP contribution in [0, 0.1) is 11.9 Å². The van der Waals surface area contributed by atoms with E-state index in [1.54, 1.807) is 12.1 Å². The van der Waals surface area contributed by atoms with Crippen LogP contribution in [0.2, 0.25) is 0 Å². The van der Waals surface area contributed by atoms with Crippen molar-refractivity contribution in [1.82, 2.24) is 0 Å². The first-order valence-corrected chi connectivity index (χ1v) is 4.47. The van der Waals surface area contributed by atoms with Crippen LogP contribution < -0.4 is 17.0 Å². The van der Waals surface area contributed by atoms with Crippen molar-refractivity contribution in [2.45, 2.75) is 19.4 Å². The molecule has 16 heavy (non-hydrogen) atoms. The first-order valence-electron chi connectivity index (χ1n) is 4.47. The molecule has 2 rings (SSSR count). The third-order valence-corrected chi connectivity index (χ3v) is 2.01. The molecule has 0 bridgehead atoms. The Kier molecular flexibility index (Phi) is 5.93. The van der Waals surface area contributed by atoms with Crippen LogP contribution in [0.5, 0.6) is 0 Å². The summed E-state index contributed by atoms with van der Waals surface area (Å²) in [5, 5.41) is 0. The minimum Gasteiger partial charge on any atom is -1.00 e. The van der Waals surface area contributed by atoms with Crippen LogP contribution in [-0.2, 0) is 4.74 Å². The molecule has 5 heteroatoms. The van der Waals surface area contributed by atoms with E-state index in [9.17, 15) is 4.39 Å². The first-order chi connectivity index (χ1) is 6.58. The van der Waals surface area contributed by atoms with Crippen molar-refractivity contribution in [3.63, 3.8) is 0 Å². The van der Waals surface area contributed by atoms with E-state index in [4.69, 9.17) is 4.74 Å². The number of aliphatic imine (C=N–C) groups is 1. The summed E-state index contributed by atoms with van der Waals surface area (Å²) in [4.78, 5) is 4.29. The molecular formula is C11H11BrFMgNO. The van der Waals surface area contributed by atoms with Crippen molar-refractivity contribution in [2.75, 3.05) is 6.61 Å². The van der Waals surface area contributed by atoms with Crippen molar-refractivity contribution in [3.8, 4) is 0 Å². The molecule has 1 aromatic carbocycles. The second-order valence-corrected chi connectivity index (χ2v) is 3.92. The standard InChI is InChI=1S/C11H11FNO.BrH.Mg/c1-11(2)7-14-10(13-11)8-5-3-4-6-9(8)12;;/h3,5-6H,7H2,1-2H3;1H;/q-1;;+2/p-1. The van der Waals surface area contributed by atoms with E-state index in [0.717, 1.165) is 0 Å². The number of hydrogen-bond acceptors (Lipinski definition) is 2. The fourth-order valence-electron chi connectivity index (χ4n) is 1.31. The zero-order valence-corrected chi connectivity index (χ0v) is 12.3. The minimum absolute atomic E-state index is 0. The number of nitrogens with zero attached hydrogens (tertiary/aromatic N) is 1. The molecule has 0 amide bonds. The molecule has 0 fully saturated rings. The van der Waals surface area contributed by atoms with Gasteiger partial charge in [0.15, 0.2) is 5.90 Å².